The summed E-state index contributed by atoms with van der Waals surface area (Å²) in [5.41, 5.74) is 3.45. The minimum absolute atomic E-state index is 0.211. The zero-order valence-corrected chi connectivity index (χ0v) is 23.3. The van der Waals surface area contributed by atoms with Crippen molar-refractivity contribution in [3.05, 3.63) is 131 Å². The summed E-state index contributed by atoms with van der Waals surface area (Å²) in [5.74, 6) is 0.248. The van der Waals surface area contributed by atoms with Gasteiger partial charge in [0.2, 0.25) is 0 Å². The van der Waals surface area contributed by atoms with Gasteiger partial charge in [-0.3, -0.25) is 9.36 Å². The highest BCUT2D eigenvalue weighted by Gasteiger charge is 2.33. The summed E-state index contributed by atoms with van der Waals surface area (Å²) in [5, 5.41) is 0. The molecule has 0 amide bonds. The molecule has 0 aliphatic carbocycles. The number of allylic oxidation sites excluding steroid dienone is 1. The smallest absolute Gasteiger partial charge is 0.338 e. The van der Waals surface area contributed by atoms with E-state index in [0.29, 0.717) is 33.0 Å². The number of rotatable bonds is 7. The van der Waals surface area contributed by atoms with Crippen molar-refractivity contribution in [3.63, 3.8) is 0 Å². The van der Waals surface area contributed by atoms with Gasteiger partial charge in [0.15, 0.2) is 4.80 Å². The molecule has 0 unspecified atom stereocenters. The molecule has 3 aromatic carbocycles. The van der Waals surface area contributed by atoms with Crippen LogP contribution in [0.4, 0.5) is 0 Å². The number of thiazole rings is 1. The normalized spacial score (nSPS) is 15.1. The molecule has 6 nitrogen and oxygen atoms in total. The second kappa shape index (κ2) is 11.3. The fourth-order valence-corrected chi connectivity index (χ4v) is 5.91. The summed E-state index contributed by atoms with van der Waals surface area (Å²) in [6, 6.07) is 24.5. The average Bonchev–Trinajstić information content (AvgIpc) is 3.22. The first kappa shape index (κ1) is 25.9. The minimum atomic E-state index is -0.617. The molecule has 0 bridgehead atoms. The summed E-state index contributed by atoms with van der Waals surface area (Å²) in [4.78, 5) is 31.8. The number of hydrogen-bond acceptors (Lipinski definition) is 6. The van der Waals surface area contributed by atoms with Crippen LogP contribution in [0.15, 0.2) is 104 Å². The van der Waals surface area contributed by atoms with Crippen molar-refractivity contribution in [1.29, 1.82) is 0 Å². The molecule has 1 aliphatic heterocycles. The third-order valence-electron chi connectivity index (χ3n) is 6.12. The Kier molecular flexibility index (Phi) is 7.72. The summed E-state index contributed by atoms with van der Waals surface area (Å²) in [7, 11) is 0. The Morgan fingerprint density at radius 2 is 1.79 bits per heavy atom. The monoisotopic (exact) mass is 588 g/mol. The Bertz CT molecular complexity index is 1690. The van der Waals surface area contributed by atoms with Gasteiger partial charge in [-0.1, -0.05) is 78.1 Å². The van der Waals surface area contributed by atoms with E-state index in [2.05, 4.69) is 20.9 Å². The Balaban J connectivity index is 1.53. The fraction of sp³-hybridized carbons (Fsp3) is 0.167. The van der Waals surface area contributed by atoms with E-state index in [-0.39, 0.29) is 12.2 Å². The van der Waals surface area contributed by atoms with Crippen LogP contribution in [0.3, 0.4) is 0 Å². The molecular formula is C30H25BrN2O4S. The molecule has 4 aromatic rings. The number of nitrogens with zero attached hydrogens (tertiary/aromatic N) is 2. The zero-order valence-electron chi connectivity index (χ0n) is 20.9. The van der Waals surface area contributed by atoms with Gasteiger partial charge in [-0.25, -0.2) is 9.79 Å². The molecular weight excluding hydrogens is 564 g/mol. The van der Waals surface area contributed by atoms with Crippen molar-refractivity contribution in [1.82, 2.24) is 4.57 Å². The highest BCUT2D eigenvalue weighted by Crippen LogP contribution is 2.31. The van der Waals surface area contributed by atoms with Crippen LogP contribution in [-0.2, 0) is 16.1 Å². The highest BCUT2D eigenvalue weighted by molar-refractivity contribution is 9.10. The van der Waals surface area contributed by atoms with E-state index < -0.39 is 12.0 Å². The standard InChI is InChI=1S/C30H25BrN2O4S/c1-3-36-29(35)26-19(2)32-30-33(27(26)22-12-8-5-9-13-22)28(34)25(38-30)17-21-14-15-24(23(31)16-21)37-18-20-10-6-4-7-11-20/h4-17,27H,3,18H2,1-2H3/b25-17+/t27-/m1/s1. The van der Waals surface area contributed by atoms with Crippen molar-refractivity contribution in [2.24, 2.45) is 4.99 Å². The van der Waals surface area contributed by atoms with Crippen LogP contribution >= 0.6 is 27.3 Å². The first-order valence-electron chi connectivity index (χ1n) is 12.2. The molecule has 192 valence electrons. The molecule has 0 fully saturated rings. The lowest BCUT2D eigenvalue weighted by atomic mass is 9.96. The Hall–Kier alpha value is -3.75. The van der Waals surface area contributed by atoms with Crippen LogP contribution in [0.25, 0.3) is 6.08 Å². The maximum atomic E-state index is 13.7. The maximum absolute atomic E-state index is 13.7. The number of carbonyl (C=O) groups is 1. The summed E-state index contributed by atoms with van der Waals surface area (Å²) in [6.45, 7) is 4.24. The first-order chi connectivity index (χ1) is 18.5. The lowest BCUT2D eigenvalue weighted by Crippen LogP contribution is -2.39. The third kappa shape index (κ3) is 5.28. The second-order valence-electron chi connectivity index (χ2n) is 8.68. The lowest BCUT2D eigenvalue weighted by Gasteiger charge is -2.24. The van der Waals surface area contributed by atoms with Gasteiger partial charge in [0.1, 0.15) is 12.4 Å². The van der Waals surface area contributed by atoms with Crippen LogP contribution in [-0.4, -0.2) is 17.1 Å². The molecule has 38 heavy (non-hydrogen) atoms. The van der Waals surface area contributed by atoms with E-state index in [0.717, 1.165) is 21.2 Å². The third-order valence-corrected chi connectivity index (χ3v) is 7.73. The Labute approximate surface area is 232 Å². The van der Waals surface area contributed by atoms with E-state index in [1.807, 2.05) is 84.9 Å². The number of carbonyl (C=O) groups excluding carboxylic acids is 1. The first-order valence-corrected chi connectivity index (χ1v) is 13.8. The van der Waals surface area contributed by atoms with Crippen LogP contribution in [0.5, 0.6) is 5.75 Å². The van der Waals surface area contributed by atoms with E-state index >= 15 is 0 Å². The molecule has 0 saturated carbocycles. The Morgan fingerprint density at radius 3 is 2.47 bits per heavy atom. The largest absolute Gasteiger partial charge is 0.488 e. The molecule has 8 heteroatoms. The molecule has 1 aromatic heterocycles. The van der Waals surface area contributed by atoms with E-state index in [1.54, 1.807) is 18.4 Å². The van der Waals surface area contributed by atoms with Gasteiger partial charge < -0.3 is 9.47 Å². The van der Waals surface area contributed by atoms with Crippen molar-refractivity contribution in [2.75, 3.05) is 6.61 Å². The predicted molar refractivity (Wildman–Crippen MR) is 152 cm³/mol. The van der Waals surface area contributed by atoms with Crippen molar-refractivity contribution in [3.8, 4) is 5.75 Å². The van der Waals surface area contributed by atoms with Crippen molar-refractivity contribution in [2.45, 2.75) is 26.5 Å². The summed E-state index contributed by atoms with van der Waals surface area (Å²) in [6.07, 6.45) is 1.83. The quantitative estimate of drug-likeness (QED) is 0.280. The fourth-order valence-electron chi connectivity index (χ4n) is 4.35. The van der Waals surface area contributed by atoms with Gasteiger partial charge >= 0.3 is 5.97 Å². The van der Waals surface area contributed by atoms with Crippen molar-refractivity contribution >= 4 is 39.3 Å². The number of halogens is 1. The molecule has 0 spiro atoms. The van der Waals surface area contributed by atoms with Gasteiger partial charge in [0, 0.05) is 0 Å². The second-order valence-corrected chi connectivity index (χ2v) is 10.5. The van der Waals surface area contributed by atoms with Gasteiger partial charge in [0.05, 0.1) is 32.9 Å². The lowest BCUT2D eigenvalue weighted by molar-refractivity contribution is -0.139. The van der Waals surface area contributed by atoms with Gasteiger partial charge in [0.25, 0.3) is 5.56 Å². The zero-order chi connectivity index (χ0) is 26.6. The number of esters is 1. The van der Waals surface area contributed by atoms with E-state index in [4.69, 9.17) is 9.47 Å². The average molecular weight is 590 g/mol. The van der Waals surface area contributed by atoms with Gasteiger partial charge in [-0.05, 0) is 64.7 Å². The molecule has 0 radical (unpaired) electrons. The molecule has 2 heterocycles. The Morgan fingerprint density at radius 1 is 1.08 bits per heavy atom. The van der Waals surface area contributed by atoms with Crippen LogP contribution in [0.1, 0.15) is 36.6 Å². The number of ether oxygens (including phenoxy) is 2. The summed E-state index contributed by atoms with van der Waals surface area (Å²) >= 11 is 4.89. The topological polar surface area (TPSA) is 69.9 Å². The predicted octanol–water partition coefficient (Wildman–Crippen LogP) is 5.14. The van der Waals surface area contributed by atoms with Crippen LogP contribution in [0.2, 0.25) is 0 Å². The molecule has 0 saturated heterocycles. The molecule has 1 aliphatic rings. The van der Waals surface area contributed by atoms with Crippen LogP contribution < -0.4 is 19.6 Å². The number of aromatic nitrogens is 1. The number of hydrogen-bond donors (Lipinski definition) is 0. The maximum Gasteiger partial charge on any atom is 0.338 e. The van der Waals surface area contributed by atoms with Gasteiger partial charge in [-0.2, -0.15) is 0 Å². The highest BCUT2D eigenvalue weighted by atomic mass is 79.9. The number of fused-ring (bicyclic) bond motifs is 1. The van der Waals surface area contributed by atoms with Gasteiger partial charge in [-0.15, -0.1) is 0 Å². The molecule has 5 rings (SSSR count). The summed E-state index contributed by atoms with van der Waals surface area (Å²) < 4.78 is 14.2. The SMILES string of the molecule is CCOC(=O)C1=C(C)N=c2s/c(=C/c3ccc(OCc4ccccc4)c(Br)c3)c(=O)n2[C@@H]1c1ccccc1. The van der Waals surface area contributed by atoms with Crippen LogP contribution in [0, 0.1) is 0 Å². The molecule has 0 N–H and O–H groups in total. The molecule has 1 atom stereocenters. The van der Waals surface area contributed by atoms with E-state index in [1.165, 1.54) is 11.3 Å². The minimum Gasteiger partial charge on any atom is -0.488 e. The van der Waals surface area contributed by atoms with E-state index in [9.17, 15) is 9.59 Å². The van der Waals surface area contributed by atoms with Crippen molar-refractivity contribution < 1.29 is 14.3 Å². The number of benzene rings is 3.